The van der Waals surface area contributed by atoms with Crippen LogP contribution in [0.25, 0.3) is 0 Å². The van der Waals surface area contributed by atoms with Crippen LogP contribution in [-0.2, 0) is 19.1 Å². The highest BCUT2D eigenvalue weighted by atomic mass is 16.6. The van der Waals surface area contributed by atoms with E-state index in [0.29, 0.717) is 12.8 Å². The van der Waals surface area contributed by atoms with Gasteiger partial charge in [0.15, 0.2) is 6.10 Å². The lowest BCUT2D eigenvalue weighted by molar-refractivity contribution is -0.161. The highest BCUT2D eigenvalue weighted by molar-refractivity contribution is 5.70. The number of carbonyl (C=O) groups excluding carboxylic acids is 2. The molecule has 0 aromatic rings. The van der Waals surface area contributed by atoms with Gasteiger partial charge in [0, 0.05) is 12.8 Å². The van der Waals surface area contributed by atoms with Crippen molar-refractivity contribution in [3.63, 3.8) is 0 Å². The Morgan fingerprint density at radius 2 is 0.896 bits per heavy atom. The van der Waals surface area contributed by atoms with Crippen molar-refractivity contribution < 1.29 is 24.2 Å². The van der Waals surface area contributed by atoms with Crippen molar-refractivity contribution in [3.05, 3.63) is 85.1 Å². The number of hydrogen-bond donors (Lipinski definition) is 1. The zero-order chi connectivity index (χ0) is 35.0. The predicted molar refractivity (Wildman–Crippen MR) is 205 cm³/mol. The van der Waals surface area contributed by atoms with Gasteiger partial charge in [-0.05, 0) is 89.9 Å². The zero-order valence-electron chi connectivity index (χ0n) is 30.7. The number of rotatable bonds is 33. The molecule has 272 valence electrons. The summed E-state index contributed by atoms with van der Waals surface area (Å²) in [6.07, 6.45) is 52.1. The van der Waals surface area contributed by atoms with Crippen LogP contribution < -0.4 is 0 Å². The van der Waals surface area contributed by atoms with E-state index in [9.17, 15) is 14.7 Å². The number of aliphatic hydroxyl groups excluding tert-OH is 1. The standard InChI is InChI=1S/C43H70O5/c1-3-5-7-9-11-13-15-17-19-20-21-22-24-26-28-30-32-34-36-38-43(46)48-41(39-44)40-47-42(45)37-35-33-31-29-27-25-23-18-16-14-12-10-8-6-4-2/h5,7,11-14,17-19,21-23,26,28,41,44H,3-4,6,8-10,15-16,20,24-25,27,29-40H2,1-2H3. The van der Waals surface area contributed by atoms with Crippen LogP contribution in [-0.4, -0.2) is 36.4 Å². The Balaban J connectivity index is 3.70. The molecule has 0 fully saturated rings. The van der Waals surface area contributed by atoms with Crippen molar-refractivity contribution in [1.29, 1.82) is 0 Å². The maximum Gasteiger partial charge on any atom is 0.306 e. The molecule has 0 saturated heterocycles. The molecule has 0 spiro atoms. The third kappa shape index (κ3) is 35.9. The van der Waals surface area contributed by atoms with E-state index in [1.165, 1.54) is 32.1 Å². The van der Waals surface area contributed by atoms with Crippen LogP contribution in [0, 0.1) is 0 Å². The van der Waals surface area contributed by atoms with Crippen LogP contribution >= 0.6 is 0 Å². The van der Waals surface area contributed by atoms with Gasteiger partial charge in [0.05, 0.1) is 6.61 Å². The summed E-state index contributed by atoms with van der Waals surface area (Å²) < 4.78 is 10.6. The first-order chi connectivity index (χ1) is 23.6. The molecule has 0 bridgehead atoms. The van der Waals surface area contributed by atoms with Crippen molar-refractivity contribution in [2.24, 2.45) is 0 Å². The molecule has 0 heterocycles. The Labute approximate surface area is 295 Å². The summed E-state index contributed by atoms with van der Waals surface area (Å²) in [4.78, 5) is 24.2. The minimum absolute atomic E-state index is 0.0919. The molecule has 1 atom stereocenters. The van der Waals surface area contributed by atoms with Crippen LogP contribution in [0.4, 0.5) is 0 Å². The molecule has 1 N–H and O–H groups in total. The van der Waals surface area contributed by atoms with Crippen molar-refractivity contribution >= 4 is 11.9 Å². The molecule has 0 aromatic carbocycles. The lowest BCUT2D eigenvalue weighted by Gasteiger charge is -2.15. The van der Waals surface area contributed by atoms with Crippen LogP contribution in [0.1, 0.15) is 155 Å². The number of ether oxygens (including phenoxy) is 2. The van der Waals surface area contributed by atoms with Crippen molar-refractivity contribution in [2.45, 2.75) is 161 Å². The van der Waals surface area contributed by atoms with E-state index in [2.05, 4.69) is 98.9 Å². The Kier molecular flexibility index (Phi) is 36.2. The number of esters is 2. The van der Waals surface area contributed by atoms with Crippen molar-refractivity contribution in [3.8, 4) is 0 Å². The molecule has 0 aromatic heterocycles. The van der Waals surface area contributed by atoms with Gasteiger partial charge in [0.2, 0.25) is 0 Å². The van der Waals surface area contributed by atoms with Gasteiger partial charge in [0.1, 0.15) is 6.61 Å². The third-order valence-corrected chi connectivity index (χ3v) is 7.67. The van der Waals surface area contributed by atoms with E-state index in [1.807, 2.05) is 0 Å². The van der Waals surface area contributed by atoms with E-state index in [-0.39, 0.29) is 25.2 Å². The number of carbonyl (C=O) groups is 2. The highest BCUT2D eigenvalue weighted by Gasteiger charge is 2.16. The maximum atomic E-state index is 12.2. The normalized spacial score (nSPS) is 13.1. The SMILES string of the molecule is CCC=CCC=CCC=CCC=CCC=CCCCCCC(=O)OC(CO)COC(=O)CCCCCCCC=CCC=CCCCCC. The molecule has 0 aliphatic heterocycles. The first kappa shape index (κ1) is 45.1. The monoisotopic (exact) mass is 667 g/mol. The number of allylic oxidation sites excluding steroid dienone is 14. The second-order valence-electron chi connectivity index (χ2n) is 12.3. The van der Waals surface area contributed by atoms with Gasteiger partial charge in [-0.2, -0.15) is 0 Å². The molecule has 1 unspecified atom stereocenters. The fourth-order valence-corrected chi connectivity index (χ4v) is 4.78. The molecule has 5 heteroatoms. The molecule has 0 rings (SSSR count). The number of hydrogen-bond acceptors (Lipinski definition) is 5. The lowest BCUT2D eigenvalue weighted by Crippen LogP contribution is -2.28. The molecular weight excluding hydrogens is 596 g/mol. The molecule has 0 amide bonds. The fourth-order valence-electron chi connectivity index (χ4n) is 4.78. The van der Waals surface area contributed by atoms with Gasteiger partial charge in [-0.3, -0.25) is 9.59 Å². The first-order valence-electron chi connectivity index (χ1n) is 19.1. The molecule has 0 aliphatic carbocycles. The topological polar surface area (TPSA) is 72.8 Å². The van der Waals surface area contributed by atoms with E-state index in [0.717, 1.165) is 96.3 Å². The smallest absolute Gasteiger partial charge is 0.306 e. The summed E-state index contributed by atoms with van der Waals surface area (Å²) in [6, 6.07) is 0. The van der Waals surface area contributed by atoms with E-state index >= 15 is 0 Å². The second-order valence-corrected chi connectivity index (χ2v) is 12.3. The van der Waals surface area contributed by atoms with Crippen LogP contribution in [0.3, 0.4) is 0 Å². The quantitative estimate of drug-likeness (QED) is 0.0429. The van der Waals surface area contributed by atoms with Gasteiger partial charge in [-0.1, -0.05) is 137 Å². The van der Waals surface area contributed by atoms with Crippen molar-refractivity contribution in [1.82, 2.24) is 0 Å². The molecular formula is C43H70O5. The summed E-state index contributed by atoms with van der Waals surface area (Å²) >= 11 is 0. The minimum atomic E-state index is -0.799. The number of unbranched alkanes of at least 4 members (excludes halogenated alkanes) is 11. The van der Waals surface area contributed by atoms with Crippen molar-refractivity contribution in [2.75, 3.05) is 13.2 Å². The third-order valence-electron chi connectivity index (χ3n) is 7.67. The lowest BCUT2D eigenvalue weighted by atomic mass is 10.1. The number of aliphatic hydroxyl groups is 1. The summed E-state index contributed by atoms with van der Waals surface area (Å²) in [5, 5.41) is 9.54. The Hall–Kier alpha value is -2.92. The zero-order valence-corrected chi connectivity index (χ0v) is 30.7. The van der Waals surface area contributed by atoms with Gasteiger partial charge in [0.25, 0.3) is 0 Å². The summed E-state index contributed by atoms with van der Waals surface area (Å²) in [6.45, 7) is 3.93. The second kappa shape index (κ2) is 38.5. The largest absolute Gasteiger partial charge is 0.462 e. The maximum absolute atomic E-state index is 12.2. The van der Waals surface area contributed by atoms with E-state index in [1.54, 1.807) is 0 Å². The van der Waals surface area contributed by atoms with Crippen LogP contribution in [0.15, 0.2) is 85.1 Å². The van der Waals surface area contributed by atoms with E-state index < -0.39 is 6.10 Å². The van der Waals surface area contributed by atoms with Gasteiger partial charge < -0.3 is 14.6 Å². The summed E-state index contributed by atoms with van der Waals surface area (Å²) in [5.74, 6) is -0.654. The average Bonchev–Trinajstić information content (AvgIpc) is 3.09. The summed E-state index contributed by atoms with van der Waals surface area (Å²) in [5.41, 5.74) is 0. The molecule has 5 nitrogen and oxygen atoms in total. The fraction of sp³-hybridized carbons (Fsp3) is 0.628. The Morgan fingerprint density at radius 1 is 0.500 bits per heavy atom. The van der Waals surface area contributed by atoms with Gasteiger partial charge in [-0.15, -0.1) is 0 Å². The molecule has 0 aliphatic rings. The minimum Gasteiger partial charge on any atom is -0.462 e. The molecule has 0 radical (unpaired) electrons. The first-order valence-corrected chi connectivity index (χ1v) is 19.1. The molecule has 0 saturated carbocycles. The summed E-state index contributed by atoms with van der Waals surface area (Å²) in [7, 11) is 0. The highest BCUT2D eigenvalue weighted by Crippen LogP contribution is 2.10. The Morgan fingerprint density at radius 3 is 1.38 bits per heavy atom. The van der Waals surface area contributed by atoms with Crippen LogP contribution in [0.5, 0.6) is 0 Å². The molecule has 48 heavy (non-hydrogen) atoms. The van der Waals surface area contributed by atoms with Gasteiger partial charge >= 0.3 is 11.9 Å². The van der Waals surface area contributed by atoms with Gasteiger partial charge in [-0.25, -0.2) is 0 Å². The average molecular weight is 667 g/mol. The Bertz CT molecular complexity index is 937. The van der Waals surface area contributed by atoms with Crippen LogP contribution in [0.2, 0.25) is 0 Å². The predicted octanol–water partition coefficient (Wildman–Crippen LogP) is 11.9. The van der Waals surface area contributed by atoms with E-state index in [4.69, 9.17) is 9.47 Å².